The molecule has 5 nitrogen and oxygen atoms in total. The first-order valence-electron chi connectivity index (χ1n) is 5.31. The van der Waals surface area contributed by atoms with Crippen molar-refractivity contribution in [1.82, 2.24) is 0 Å². The van der Waals surface area contributed by atoms with E-state index in [9.17, 15) is 9.90 Å². The predicted molar refractivity (Wildman–Crippen MR) is 68.8 cm³/mol. The Balaban J connectivity index is 3.23. The molecule has 0 amide bonds. The van der Waals surface area contributed by atoms with Crippen molar-refractivity contribution in [2.24, 2.45) is 0 Å². The summed E-state index contributed by atoms with van der Waals surface area (Å²) < 4.78 is 15.5. The van der Waals surface area contributed by atoms with Gasteiger partial charge in [0, 0.05) is 0 Å². The van der Waals surface area contributed by atoms with Crippen LogP contribution in [-0.4, -0.2) is 31.9 Å². The first-order valence-corrected chi connectivity index (χ1v) is 6.11. The Bertz CT molecular complexity index is 433. The fraction of sp³-hybridized carbons (Fsp3) is 0.417. The Hall–Kier alpha value is -1.27. The van der Waals surface area contributed by atoms with Gasteiger partial charge in [0.05, 0.1) is 30.9 Å². The van der Waals surface area contributed by atoms with Gasteiger partial charge in [0.15, 0.2) is 6.10 Å². The summed E-state index contributed by atoms with van der Waals surface area (Å²) in [7, 11) is 2.95. The molecule has 1 unspecified atom stereocenters. The molecular weight excluding hydrogens is 304 g/mol. The van der Waals surface area contributed by atoms with Crippen molar-refractivity contribution in [3.05, 3.63) is 22.2 Å². The maximum atomic E-state index is 11.6. The van der Waals surface area contributed by atoms with E-state index in [2.05, 4.69) is 15.9 Å². The van der Waals surface area contributed by atoms with E-state index in [4.69, 9.17) is 14.2 Å². The summed E-state index contributed by atoms with van der Waals surface area (Å²) in [6, 6.07) is 3.28. The van der Waals surface area contributed by atoms with Gasteiger partial charge >= 0.3 is 5.97 Å². The van der Waals surface area contributed by atoms with E-state index in [1.54, 1.807) is 19.1 Å². The number of methoxy groups -OCH3 is 2. The third kappa shape index (κ3) is 2.94. The molecule has 0 aliphatic carbocycles. The molecule has 0 heterocycles. The van der Waals surface area contributed by atoms with E-state index < -0.39 is 12.1 Å². The number of carbonyl (C=O) groups is 1. The first kappa shape index (κ1) is 14.8. The molecule has 1 aromatic carbocycles. The van der Waals surface area contributed by atoms with Crippen molar-refractivity contribution >= 4 is 21.9 Å². The SMILES string of the molecule is CCOC(=O)C(O)c1c(OC)ccc(OC)c1Br. The lowest BCUT2D eigenvalue weighted by Gasteiger charge is -2.17. The highest BCUT2D eigenvalue weighted by molar-refractivity contribution is 9.10. The third-order valence-corrected chi connectivity index (χ3v) is 3.15. The number of aliphatic hydroxyl groups excluding tert-OH is 1. The number of aliphatic hydroxyl groups is 1. The van der Waals surface area contributed by atoms with Crippen molar-refractivity contribution < 1.29 is 24.1 Å². The van der Waals surface area contributed by atoms with Crippen LogP contribution in [0, 0.1) is 0 Å². The maximum absolute atomic E-state index is 11.6. The Labute approximate surface area is 114 Å². The normalized spacial score (nSPS) is 11.8. The summed E-state index contributed by atoms with van der Waals surface area (Å²) in [6.07, 6.45) is -1.43. The fourth-order valence-electron chi connectivity index (χ4n) is 1.48. The van der Waals surface area contributed by atoms with Gasteiger partial charge < -0.3 is 19.3 Å². The van der Waals surface area contributed by atoms with Crippen LogP contribution < -0.4 is 9.47 Å². The van der Waals surface area contributed by atoms with Crippen molar-refractivity contribution in [1.29, 1.82) is 0 Å². The average Bonchev–Trinajstić information content (AvgIpc) is 2.37. The lowest BCUT2D eigenvalue weighted by Crippen LogP contribution is -2.17. The van der Waals surface area contributed by atoms with Gasteiger partial charge in [-0.25, -0.2) is 4.79 Å². The highest BCUT2D eigenvalue weighted by Crippen LogP contribution is 2.39. The minimum Gasteiger partial charge on any atom is -0.496 e. The van der Waals surface area contributed by atoms with Crippen molar-refractivity contribution in [2.75, 3.05) is 20.8 Å². The van der Waals surface area contributed by atoms with Crippen LogP contribution in [0.2, 0.25) is 0 Å². The summed E-state index contributed by atoms with van der Waals surface area (Å²) in [5.41, 5.74) is 0.287. The minimum atomic E-state index is -1.43. The Morgan fingerprint density at radius 1 is 1.33 bits per heavy atom. The van der Waals surface area contributed by atoms with Gasteiger partial charge in [-0.3, -0.25) is 0 Å². The molecule has 6 heteroatoms. The molecule has 0 aliphatic rings. The van der Waals surface area contributed by atoms with Crippen LogP contribution in [0.15, 0.2) is 16.6 Å². The number of esters is 1. The van der Waals surface area contributed by atoms with Gasteiger partial charge in [-0.05, 0) is 35.0 Å². The Kier molecular flexibility index (Phi) is 5.43. The average molecular weight is 319 g/mol. The fourth-order valence-corrected chi connectivity index (χ4v) is 2.19. The maximum Gasteiger partial charge on any atom is 0.339 e. The summed E-state index contributed by atoms with van der Waals surface area (Å²) in [6.45, 7) is 1.86. The highest BCUT2D eigenvalue weighted by Gasteiger charge is 2.26. The van der Waals surface area contributed by atoms with Crippen LogP contribution >= 0.6 is 15.9 Å². The van der Waals surface area contributed by atoms with Gasteiger partial charge in [-0.1, -0.05) is 0 Å². The van der Waals surface area contributed by atoms with Crippen LogP contribution in [0.4, 0.5) is 0 Å². The topological polar surface area (TPSA) is 65.0 Å². The molecule has 1 atom stereocenters. The van der Waals surface area contributed by atoms with Crippen LogP contribution in [0.25, 0.3) is 0 Å². The van der Waals surface area contributed by atoms with Gasteiger partial charge in [-0.2, -0.15) is 0 Å². The molecule has 0 aromatic heterocycles. The molecular formula is C12H15BrO5. The monoisotopic (exact) mass is 318 g/mol. The lowest BCUT2D eigenvalue weighted by molar-refractivity contribution is -0.153. The van der Waals surface area contributed by atoms with Crippen molar-refractivity contribution in [2.45, 2.75) is 13.0 Å². The first-order chi connectivity index (χ1) is 8.56. The van der Waals surface area contributed by atoms with Crippen molar-refractivity contribution in [3.63, 3.8) is 0 Å². The summed E-state index contributed by atoms with van der Waals surface area (Å²) in [4.78, 5) is 11.6. The minimum absolute atomic E-state index is 0.194. The molecule has 0 spiro atoms. The Morgan fingerprint density at radius 2 is 1.89 bits per heavy atom. The predicted octanol–water partition coefficient (Wildman–Crippen LogP) is 2.06. The number of benzene rings is 1. The van der Waals surface area contributed by atoms with Crippen LogP contribution in [0.5, 0.6) is 11.5 Å². The molecule has 0 saturated heterocycles. The van der Waals surface area contributed by atoms with Gasteiger partial charge in [0.2, 0.25) is 0 Å². The summed E-state index contributed by atoms with van der Waals surface area (Å²) in [5.74, 6) is 0.141. The zero-order valence-electron chi connectivity index (χ0n) is 10.4. The van der Waals surface area contributed by atoms with E-state index in [0.717, 1.165) is 0 Å². The zero-order valence-corrected chi connectivity index (χ0v) is 12.0. The van der Waals surface area contributed by atoms with Crippen LogP contribution in [0.3, 0.4) is 0 Å². The second-order valence-corrected chi connectivity index (χ2v) is 4.15. The molecule has 100 valence electrons. The largest absolute Gasteiger partial charge is 0.496 e. The standard InChI is InChI=1S/C12H15BrO5/c1-4-18-12(15)11(14)9-7(16-2)5-6-8(17-3)10(9)13/h5-6,11,14H,4H2,1-3H3. The zero-order chi connectivity index (χ0) is 13.7. The number of carbonyl (C=O) groups excluding carboxylic acids is 1. The molecule has 1 N–H and O–H groups in total. The van der Waals surface area contributed by atoms with E-state index in [0.29, 0.717) is 16.0 Å². The third-order valence-electron chi connectivity index (χ3n) is 2.33. The quantitative estimate of drug-likeness (QED) is 0.842. The molecule has 0 radical (unpaired) electrons. The molecule has 0 aliphatic heterocycles. The molecule has 0 saturated carbocycles. The second-order valence-electron chi connectivity index (χ2n) is 3.35. The van der Waals surface area contributed by atoms with E-state index >= 15 is 0 Å². The van der Waals surface area contributed by atoms with Crippen molar-refractivity contribution in [3.8, 4) is 11.5 Å². The molecule has 1 aromatic rings. The lowest BCUT2D eigenvalue weighted by atomic mass is 10.1. The van der Waals surface area contributed by atoms with Gasteiger partial charge in [-0.15, -0.1) is 0 Å². The molecule has 18 heavy (non-hydrogen) atoms. The number of hydrogen-bond acceptors (Lipinski definition) is 5. The van der Waals surface area contributed by atoms with Crippen LogP contribution in [0.1, 0.15) is 18.6 Å². The number of hydrogen-bond donors (Lipinski definition) is 1. The molecule has 1 rings (SSSR count). The highest BCUT2D eigenvalue weighted by atomic mass is 79.9. The number of ether oxygens (including phenoxy) is 3. The van der Waals surface area contributed by atoms with E-state index in [-0.39, 0.29) is 12.2 Å². The second kappa shape index (κ2) is 6.61. The van der Waals surface area contributed by atoms with E-state index in [1.807, 2.05) is 0 Å². The molecule has 0 fully saturated rings. The smallest absolute Gasteiger partial charge is 0.339 e. The summed E-state index contributed by atoms with van der Waals surface area (Å²) >= 11 is 3.28. The van der Waals surface area contributed by atoms with E-state index in [1.165, 1.54) is 14.2 Å². The summed E-state index contributed by atoms with van der Waals surface area (Å²) in [5, 5.41) is 9.99. The molecule has 0 bridgehead atoms. The number of halogens is 1. The van der Waals surface area contributed by atoms with Gasteiger partial charge in [0.25, 0.3) is 0 Å². The van der Waals surface area contributed by atoms with Gasteiger partial charge in [0.1, 0.15) is 11.5 Å². The van der Waals surface area contributed by atoms with Crippen LogP contribution in [-0.2, 0) is 9.53 Å². The number of rotatable bonds is 5. The Morgan fingerprint density at radius 3 is 2.39 bits per heavy atom.